The second-order valence-electron chi connectivity index (χ2n) is 7.82. The van der Waals surface area contributed by atoms with E-state index in [1.54, 1.807) is 29.8 Å². The molecule has 0 saturated carbocycles. The summed E-state index contributed by atoms with van der Waals surface area (Å²) in [6, 6.07) is 6.33. The maximum absolute atomic E-state index is 12.4. The van der Waals surface area contributed by atoms with Gasteiger partial charge in [-0.3, -0.25) is 4.79 Å². The first-order valence-corrected chi connectivity index (χ1v) is 11.5. The molecule has 3 aromatic rings. The molecule has 162 valence electrons. The van der Waals surface area contributed by atoms with Crippen molar-refractivity contribution in [3.05, 3.63) is 52.2 Å². The Kier molecular flexibility index (Phi) is 6.46. The predicted molar refractivity (Wildman–Crippen MR) is 122 cm³/mol. The van der Waals surface area contributed by atoms with Gasteiger partial charge < -0.3 is 15.7 Å². The number of thiophene rings is 1. The van der Waals surface area contributed by atoms with Crippen molar-refractivity contribution in [3.8, 4) is 0 Å². The summed E-state index contributed by atoms with van der Waals surface area (Å²) < 4.78 is 0. The normalized spacial score (nSPS) is 14.1. The SMILES string of the molecule is CCCC(NC(=O)c1ccc(CNc2ncnc3sc4c(c23)CCCC4)cc1)C(=O)O. The number of carboxylic acids is 1. The van der Waals surface area contributed by atoms with Crippen molar-refractivity contribution in [1.29, 1.82) is 0 Å². The van der Waals surface area contributed by atoms with E-state index in [2.05, 4.69) is 20.6 Å². The molecule has 0 radical (unpaired) electrons. The van der Waals surface area contributed by atoms with Crippen LogP contribution < -0.4 is 10.6 Å². The lowest BCUT2D eigenvalue weighted by Crippen LogP contribution is -2.40. The summed E-state index contributed by atoms with van der Waals surface area (Å²) >= 11 is 1.77. The smallest absolute Gasteiger partial charge is 0.326 e. The number of carbonyl (C=O) groups is 2. The number of anilines is 1. The molecule has 8 heteroatoms. The van der Waals surface area contributed by atoms with Crippen LogP contribution in [-0.2, 0) is 24.2 Å². The van der Waals surface area contributed by atoms with Crippen molar-refractivity contribution in [2.45, 2.75) is 58.0 Å². The van der Waals surface area contributed by atoms with Crippen LogP contribution in [0.4, 0.5) is 5.82 Å². The number of carboxylic acid groups (broad SMARTS) is 1. The van der Waals surface area contributed by atoms with E-state index in [0.29, 0.717) is 24.9 Å². The number of nitrogens with one attached hydrogen (secondary N) is 2. The fourth-order valence-corrected chi connectivity index (χ4v) is 5.20. The molecule has 3 N–H and O–H groups in total. The summed E-state index contributed by atoms with van der Waals surface area (Å²) in [6.45, 7) is 2.47. The molecule has 7 nitrogen and oxygen atoms in total. The molecule has 31 heavy (non-hydrogen) atoms. The van der Waals surface area contributed by atoms with Crippen LogP contribution in [0.3, 0.4) is 0 Å². The molecule has 2 aromatic heterocycles. The maximum Gasteiger partial charge on any atom is 0.326 e. The Bertz CT molecular complexity index is 1090. The third kappa shape index (κ3) is 4.69. The monoisotopic (exact) mass is 438 g/mol. The highest BCUT2D eigenvalue weighted by molar-refractivity contribution is 7.19. The van der Waals surface area contributed by atoms with E-state index in [1.807, 2.05) is 19.1 Å². The number of aromatic nitrogens is 2. The average Bonchev–Trinajstić information content (AvgIpc) is 3.17. The third-order valence-electron chi connectivity index (χ3n) is 5.61. The molecular weight excluding hydrogens is 412 g/mol. The molecule has 0 aliphatic heterocycles. The van der Waals surface area contributed by atoms with Crippen LogP contribution in [0.25, 0.3) is 10.2 Å². The van der Waals surface area contributed by atoms with E-state index in [0.717, 1.165) is 34.4 Å². The second kappa shape index (κ2) is 9.43. The largest absolute Gasteiger partial charge is 0.480 e. The number of nitrogens with zero attached hydrogens (tertiary/aromatic N) is 2. The van der Waals surface area contributed by atoms with Gasteiger partial charge in [0.05, 0.1) is 5.39 Å². The minimum Gasteiger partial charge on any atom is -0.480 e. The molecule has 1 aliphatic carbocycles. The van der Waals surface area contributed by atoms with Gasteiger partial charge in [-0.1, -0.05) is 25.5 Å². The lowest BCUT2D eigenvalue weighted by atomic mass is 9.97. The number of amides is 1. The van der Waals surface area contributed by atoms with Crippen LogP contribution >= 0.6 is 11.3 Å². The van der Waals surface area contributed by atoms with Gasteiger partial charge in [0, 0.05) is 17.0 Å². The van der Waals surface area contributed by atoms with Crippen LogP contribution in [0.2, 0.25) is 0 Å². The number of rotatable bonds is 8. The number of hydrogen-bond donors (Lipinski definition) is 3. The van der Waals surface area contributed by atoms with Gasteiger partial charge in [-0.15, -0.1) is 11.3 Å². The first kappa shape index (κ1) is 21.2. The molecule has 1 amide bonds. The van der Waals surface area contributed by atoms with Gasteiger partial charge in [0.1, 0.15) is 23.0 Å². The maximum atomic E-state index is 12.4. The van der Waals surface area contributed by atoms with Crippen LogP contribution in [0.1, 0.15) is 59.0 Å². The molecule has 0 fully saturated rings. The number of fused-ring (bicyclic) bond motifs is 3. The van der Waals surface area contributed by atoms with Crippen LogP contribution in [0, 0.1) is 0 Å². The summed E-state index contributed by atoms with van der Waals surface area (Å²) in [5, 5.41) is 16.4. The highest BCUT2D eigenvalue weighted by atomic mass is 32.1. The van der Waals surface area contributed by atoms with E-state index in [-0.39, 0.29) is 5.91 Å². The van der Waals surface area contributed by atoms with Crippen molar-refractivity contribution in [3.63, 3.8) is 0 Å². The summed E-state index contributed by atoms with van der Waals surface area (Å²) in [6.07, 6.45) is 7.35. The first-order valence-electron chi connectivity index (χ1n) is 10.7. The van der Waals surface area contributed by atoms with E-state index in [4.69, 9.17) is 0 Å². The fraction of sp³-hybridized carbons (Fsp3) is 0.391. The number of aryl methyl sites for hydroxylation is 2. The molecule has 0 saturated heterocycles. The quantitative estimate of drug-likeness (QED) is 0.488. The minimum absolute atomic E-state index is 0.372. The Morgan fingerprint density at radius 2 is 1.94 bits per heavy atom. The zero-order valence-electron chi connectivity index (χ0n) is 17.5. The van der Waals surface area contributed by atoms with E-state index >= 15 is 0 Å². The number of hydrogen-bond acceptors (Lipinski definition) is 6. The lowest BCUT2D eigenvalue weighted by molar-refractivity contribution is -0.139. The molecule has 0 spiro atoms. The molecule has 0 bridgehead atoms. The van der Waals surface area contributed by atoms with Crippen LogP contribution in [0.5, 0.6) is 0 Å². The van der Waals surface area contributed by atoms with Crippen molar-refractivity contribution in [2.75, 3.05) is 5.32 Å². The van der Waals surface area contributed by atoms with Gasteiger partial charge in [-0.25, -0.2) is 14.8 Å². The Hall–Kier alpha value is -3.00. The summed E-state index contributed by atoms with van der Waals surface area (Å²) in [4.78, 5) is 35.0. The Morgan fingerprint density at radius 3 is 2.68 bits per heavy atom. The van der Waals surface area contributed by atoms with Gasteiger partial charge in [0.2, 0.25) is 0 Å². The minimum atomic E-state index is -1.01. The van der Waals surface area contributed by atoms with Gasteiger partial charge >= 0.3 is 5.97 Å². The standard InChI is InChI=1S/C23H26N4O3S/c1-2-5-17(23(29)30)27-21(28)15-10-8-14(9-11-15)12-24-20-19-16-6-3-4-7-18(16)31-22(19)26-13-25-20/h8-11,13,17H,2-7,12H2,1H3,(H,27,28)(H,29,30)(H,24,25,26). The van der Waals surface area contributed by atoms with Crippen LogP contribution in [-0.4, -0.2) is 33.0 Å². The first-order chi connectivity index (χ1) is 15.1. The molecule has 4 rings (SSSR count). The Labute approximate surface area is 184 Å². The summed E-state index contributed by atoms with van der Waals surface area (Å²) in [5.74, 6) is -0.527. The average molecular weight is 439 g/mol. The molecule has 1 aliphatic rings. The van der Waals surface area contributed by atoms with Gasteiger partial charge in [-0.2, -0.15) is 0 Å². The number of aliphatic carboxylic acids is 1. The predicted octanol–water partition coefficient (Wildman–Crippen LogP) is 4.17. The van der Waals surface area contributed by atoms with Gasteiger partial charge in [0.25, 0.3) is 5.91 Å². The Balaban J connectivity index is 1.44. The zero-order valence-corrected chi connectivity index (χ0v) is 18.3. The Morgan fingerprint density at radius 1 is 1.16 bits per heavy atom. The molecular formula is C23H26N4O3S. The molecule has 1 unspecified atom stereocenters. The van der Waals surface area contributed by atoms with Gasteiger partial charge in [-0.05, 0) is 55.4 Å². The van der Waals surface area contributed by atoms with Crippen molar-refractivity contribution in [2.24, 2.45) is 0 Å². The lowest BCUT2D eigenvalue weighted by Gasteiger charge is -2.14. The van der Waals surface area contributed by atoms with Crippen molar-refractivity contribution < 1.29 is 14.7 Å². The summed E-state index contributed by atoms with van der Waals surface area (Å²) in [5.41, 5.74) is 2.85. The fourth-order valence-electron chi connectivity index (χ4n) is 3.97. The van der Waals surface area contributed by atoms with E-state index < -0.39 is 12.0 Å². The van der Waals surface area contributed by atoms with Crippen LogP contribution in [0.15, 0.2) is 30.6 Å². The second-order valence-corrected chi connectivity index (χ2v) is 8.90. The number of benzene rings is 1. The topological polar surface area (TPSA) is 104 Å². The van der Waals surface area contributed by atoms with E-state index in [9.17, 15) is 14.7 Å². The molecule has 2 heterocycles. The van der Waals surface area contributed by atoms with Crippen molar-refractivity contribution in [1.82, 2.24) is 15.3 Å². The highest BCUT2D eigenvalue weighted by Gasteiger charge is 2.21. The van der Waals surface area contributed by atoms with Gasteiger partial charge in [0.15, 0.2) is 0 Å². The number of carbonyl (C=O) groups excluding carboxylic acids is 1. The molecule has 1 aromatic carbocycles. The molecule has 1 atom stereocenters. The van der Waals surface area contributed by atoms with Crippen molar-refractivity contribution >= 4 is 39.2 Å². The zero-order chi connectivity index (χ0) is 21.8. The summed E-state index contributed by atoms with van der Waals surface area (Å²) in [7, 11) is 0. The highest BCUT2D eigenvalue weighted by Crippen LogP contribution is 2.38. The van der Waals surface area contributed by atoms with E-state index in [1.165, 1.54) is 23.3 Å². The third-order valence-corrected chi connectivity index (χ3v) is 6.81.